The van der Waals surface area contributed by atoms with Gasteiger partial charge in [0.25, 0.3) is 5.91 Å². The highest BCUT2D eigenvalue weighted by molar-refractivity contribution is 9.11. The molecule has 1 atom stereocenters. The van der Waals surface area contributed by atoms with Gasteiger partial charge in [-0.05, 0) is 59.5 Å². The van der Waals surface area contributed by atoms with Gasteiger partial charge in [-0.2, -0.15) is 0 Å². The van der Waals surface area contributed by atoms with Gasteiger partial charge in [-0.3, -0.25) is 9.69 Å². The summed E-state index contributed by atoms with van der Waals surface area (Å²) in [5, 5.41) is 1.33. The first-order chi connectivity index (χ1) is 12.5. The number of hydrogen-bond donors (Lipinski definition) is 0. The number of thiazole rings is 1. The number of aryl methyl sites for hydroxylation is 1. The molecule has 1 saturated heterocycles. The molecule has 0 bridgehead atoms. The van der Waals surface area contributed by atoms with E-state index in [0.29, 0.717) is 21.6 Å². The van der Waals surface area contributed by atoms with Gasteiger partial charge < -0.3 is 4.74 Å². The summed E-state index contributed by atoms with van der Waals surface area (Å²) in [7, 11) is 0. The first-order valence-electron chi connectivity index (χ1n) is 8.27. The van der Waals surface area contributed by atoms with Crippen LogP contribution in [0.4, 0.5) is 5.13 Å². The number of benzene rings is 1. The Morgan fingerprint density at radius 1 is 1.38 bits per heavy atom. The number of fused-ring (bicyclic) bond motifs is 1. The number of amides is 1. The minimum absolute atomic E-state index is 0.0472. The smallest absolute Gasteiger partial charge is 0.270 e. The Bertz CT molecular complexity index is 926. The predicted molar refractivity (Wildman–Crippen MR) is 112 cm³/mol. The largest absolute Gasteiger partial charge is 0.376 e. The highest BCUT2D eigenvalue weighted by Gasteiger charge is 2.28. The third-order valence-corrected chi connectivity index (χ3v) is 7.51. The number of hydrogen-bond acceptors (Lipinski definition) is 5. The number of carbonyl (C=O) groups excluding carboxylic acids is 1. The molecule has 136 valence electrons. The lowest BCUT2D eigenvalue weighted by Gasteiger charge is -2.22. The zero-order chi connectivity index (χ0) is 18.3. The number of anilines is 1. The van der Waals surface area contributed by atoms with E-state index in [1.807, 2.05) is 31.2 Å². The minimum Gasteiger partial charge on any atom is -0.376 e. The van der Waals surface area contributed by atoms with Gasteiger partial charge in [-0.15, -0.1) is 11.3 Å². The molecule has 1 unspecified atom stereocenters. The zero-order valence-electron chi connectivity index (χ0n) is 14.0. The van der Waals surface area contributed by atoms with Crippen LogP contribution in [0.2, 0.25) is 5.02 Å². The highest BCUT2D eigenvalue weighted by atomic mass is 79.9. The first kappa shape index (κ1) is 18.4. The lowest BCUT2D eigenvalue weighted by atomic mass is 10.2. The maximum absolute atomic E-state index is 13.2. The van der Waals surface area contributed by atoms with Crippen molar-refractivity contribution in [1.82, 2.24) is 4.98 Å². The van der Waals surface area contributed by atoms with Crippen LogP contribution in [-0.4, -0.2) is 30.1 Å². The van der Waals surface area contributed by atoms with Crippen molar-refractivity contribution >= 4 is 71.5 Å². The van der Waals surface area contributed by atoms with Crippen LogP contribution in [0.25, 0.3) is 10.2 Å². The van der Waals surface area contributed by atoms with Gasteiger partial charge in [0, 0.05) is 6.61 Å². The van der Waals surface area contributed by atoms with Crippen LogP contribution in [0, 0.1) is 6.92 Å². The molecule has 1 amide bonds. The second kappa shape index (κ2) is 7.56. The van der Waals surface area contributed by atoms with E-state index in [1.54, 1.807) is 4.90 Å². The number of rotatable bonds is 4. The van der Waals surface area contributed by atoms with Gasteiger partial charge >= 0.3 is 0 Å². The van der Waals surface area contributed by atoms with Crippen molar-refractivity contribution in [1.29, 1.82) is 0 Å². The molecule has 1 aliphatic heterocycles. The summed E-state index contributed by atoms with van der Waals surface area (Å²) in [6.07, 6.45) is 2.04. The van der Waals surface area contributed by atoms with E-state index >= 15 is 0 Å². The van der Waals surface area contributed by atoms with Crippen molar-refractivity contribution < 1.29 is 9.53 Å². The SMILES string of the molecule is Cc1ccc(Cl)c2sc(N(CC3CCCO3)C(=O)c3ccc(Br)s3)nc12. The topological polar surface area (TPSA) is 42.4 Å². The number of nitrogens with zero attached hydrogens (tertiary/aromatic N) is 2. The van der Waals surface area contributed by atoms with E-state index in [4.69, 9.17) is 21.3 Å². The number of thiophene rings is 1. The van der Waals surface area contributed by atoms with E-state index in [1.165, 1.54) is 22.7 Å². The monoisotopic (exact) mass is 470 g/mol. The van der Waals surface area contributed by atoms with Gasteiger partial charge in [0.1, 0.15) is 0 Å². The van der Waals surface area contributed by atoms with Crippen LogP contribution >= 0.6 is 50.2 Å². The van der Waals surface area contributed by atoms with E-state index in [2.05, 4.69) is 15.9 Å². The molecule has 8 heteroatoms. The Morgan fingerprint density at radius 3 is 2.88 bits per heavy atom. The average Bonchev–Trinajstić information content (AvgIpc) is 3.35. The normalized spacial score (nSPS) is 17.1. The third-order valence-electron chi connectivity index (χ3n) is 4.36. The Kier molecular flexibility index (Phi) is 5.34. The van der Waals surface area contributed by atoms with Crippen LogP contribution in [0.3, 0.4) is 0 Å². The Labute approximate surface area is 172 Å². The van der Waals surface area contributed by atoms with Crippen LogP contribution in [0.1, 0.15) is 28.1 Å². The maximum atomic E-state index is 13.2. The fraction of sp³-hybridized carbons (Fsp3) is 0.333. The molecule has 26 heavy (non-hydrogen) atoms. The van der Waals surface area contributed by atoms with E-state index < -0.39 is 0 Å². The summed E-state index contributed by atoms with van der Waals surface area (Å²) in [4.78, 5) is 20.4. The van der Waals surface area contributed by atoms with Gasteiger partial charge in [0.2, 0.25) is 0 Å². The fourth-order valence-electron chi connectivity index (χ4n) is 3.01. The third kappa shape index (κ3) is 3.55. The molecule has 3 aromatic rings. The van der Waals surface area contributed by atoms with Gasteiger partial charge in [0.05, 0.1) is 36.6 Å². The molecule has 0 aliphatic carbocycles. The van der Waals surface area contributed by atoms with E-state index in [0.717, 1.165) is 39.0 Å². The fourth-order valence-corrected chi connectivity index (χ4v) is 5.67. The molecular weight excluding hydrogens is 456 g/mol. The Morgan fingerprint density at radius 2 is 2.23 bits per heavy atom. The van der Waals surface area contributed by atoms with Crippen molar-refractivity contribution in [2.45, 2.75) is 25.9 Å². The van der Waals surface area contributed by atoms with Gasteiger partial charge in [-0.1, -0.05) is 29.0 Å². The molecule has 2 aromatic heterocycles. The molecule has 4 nitrogen and oxygen atoms in total. The van der Waals surface area contributed by atoms with E-state index in [9.17, 15) is 4.79 Å². The molecule has 1 aromatic carbocycles. The summed E-state index contributed by atoms with van der Waals surface area (Å²) in [6, 6.07) is 7.56. The molecule has 4 rings (SSSR count). The maximum Gasteiger partial charge on any atom is 0.270 e. The summed E-state index contributed by atoms with van der Waals surface area (Å²) in [6.45, 7) is 3.26. The lowest BCUT2D eigenvalue weighted by Crippen LogP contribution is -2.37. The van der Waals surface area contributed by atoms with Crippen molar-refractivity contribution in [2.24, 2.45) is 0 Å². The molecular formula is C18H16BrClN2O2S2. The molecule has 1 fully saturated rings. The Hall–Kier alpha value is -0.990. The van der Waals surface area contributed by atoms with Crippen molar-refractivity contribution in [3.8, 4) is 0 Å². The van der Waals surface area contributed by atoms with Crippen LogP contribution in [0.15, 0.2) is 28.1 Å². The minimum atomic E-state index is -0.0518. The summed E-state index contributed by atoms with van der Waals surface area (Å²) >= 11 is 12.7. The number of aromatic nitrogens is 1. The van der Waals surface area contributed by atoms with Crippen LogP contribution < -0.4 is 4.90 Å². The summed E-state index contributed by atoms with van der Waals surface area (Å²) < 4.78 is 7.62. The van der Waals surface area contributed by atoms with E-state index in [-0.39, 0.29) is 12.0 Å². The predicted octanol–water partition coefficient (Wildman–Crippen LogP) is 5.91. The molecule has 1 aliphatic rings. The molecule has 3 heterocycles. The van der Waals surface area contributed by atoms with Crippen molar-refractivity contribution in [2.75, 3.05) is 18.1 Å². The molecule has 0 saturated carbocycles. The number of carbonyl (C=O) groups is 1. The van der Waals surface area contributed by atoms with Crippen LogP contribution in [0.5, 0.6) is 0 Å². The standard InChI is InChI=1S/C18H16BrClN2O2S2/c1-10-4-5-12(20)16-15(10)21-18(26-16)22(9-11-3-2-8-24-11)17(23)13-6-7-14(19)25-13/h4-7,11H,2-3,8-9H2,1H3. The first-order valence-corrected chi connectivity index (χ1v) is 11.1. The van der Waals surface area contributed by atoms with Crippen LogP contribution in [-0.2, 0) is 4.74 Å². The molecule has 0 N–H and O–H groups in total. The number of halogens is 2. The summed E-state index contributed by atoms with van der Waals surface area (Å²) in [5.41, 5.74) is 1.91. The van der Waals surface area contributed by atoms with Crippen molar-refractivity contribution in [3.63, 3.8) is 0 Å². The van der Waals surface area contributed by atoms with Gasteiger partial charge in [0.15, 0.2) is 5.13 Å². The Balaban J connectivity index is 1.75. The van der Waals surface area contributed by atoms with Gasteiger partial charge in [-0.25, -0.2) is 4.98 Å². The highest BCUT2D eigenvalue weighted by Crippen LogP contribution is 2.37. The molecule has 0 spiro atoms. The lowest BCUT2D eigenvalue weighted by molar-refractivity contribution is 0.0920. The number of ether oxygens (including phenoxy) is 1. The van der Waals surface area contributed by atoms with Crippen molar-refractivity contribution in [3.05, 3.63) is 43.5 Å². The molecule has 0 radical (unpaired) electrons. The summed E-state index contributed by atoms with van der Waals surface area (Å²) in [5.74, 6) is -0.0518. The quantitative estimate of drug-likeness (QED) is 0.475. The average molecular weight is 472 g/mol. The zero-order valence-corrected chi connectivity index (χ0v) is 18.0. The second-order valence-electron chi connectivity index (χ2n) is 6.19. The second-order valence-corrected chi connectivity index (χ2v) is 10.0.